The van der Waals surface area contributed by atoms with Gasteiger partial charge in [0.15, 0.2) is 0 Å². The SMILES string of the molecule is CCOCC(CN(C)C)Oc1cc(OC)c(N)cc1C. The van der Waals surface area contributed by atoms with Gasteiger partial charge in [-0.3, -0.25) is 0 Å². The number of nitrogens with zero attached hydrogens (tertiary/aromatic N) is 1. The molecule has 1 aromatic rings. The molecule has 1 aromatic carbocycles. The number of nitrogen functional groups attached to an aromatic ring is 1. The Morgan fingerprint density at radius 1 is 1.25 bits per heavy atom. The largest absolute Gasteiger partial charge is 0.494 e. The molecule has 0 amide bonds. The molecule has 0 aliphatic rings. The Balaban J connectivity index is 2.86. The number of likely N-dealkylation sites (N-methyl/N-ethyl adjacent to an activating group) is 1. The van der Waals surface area contributed by atoms with Gasteiger partial charge in [-0.05, 0) is 39.6 Å². The number of hydrogen-bond donors (Lipinski definition) is 1. The van der Waals surface area contributed by atoms with Crippen molar-refractivity contribution in [2.24, 2.45) is 0 Å². The Labute approximate surface area is 121 Å². The topological polar surface area (TPSA) is 57.0 Å². The van der Waals surface area contributed by atoms with Crippen molar-refractivity contribution >= 4 is 5.69 Å². The van der Waals surface area contributed by atoms with Crippen LogP contribution in [0.4, 0.5) is 5.69 Å². The van der Waals surface area contributed by atoms with Crippen molar-refractivity contribution in [1.82, 2.24) is 4.90 Å². The lowest BCUT2D eigenvalue weighted by Gasteiger charge is -2.23. The maximum atomic E-state index is 6.05. The van der Waals surface area contributed by atoms with Crippen LogP contribution in [0.3, 0.4) is 0 Å². The Morgan fingerprint density at radius 2 is 1.95 bits per heavy atom. The fourth-order valence-corrected chi connectivity index (χ4v) is 1.96. The summed E-state index contributed by atoms with van der Waals surface area (Å²) in [6.07, 6.45) is -0.0306. The first kappa shape index (κ1) is 16.6. The minimum absolute atomic E-state index is 0.0306. The Hall–Kier alpha value is -1.46. The van der Waals surface area contributed by atoms with Gasteiger partial charge in [-0.25, -0.2) is 0 Å². The molecule has 114 valence electrons. The molecular formula is C15H26N2O3. The molecule has 0 aromatic heterocycles. The van der Waals surface area contributed by atoms with Gasteiger partial charge in [0.25, 0.3) is 0 Å². The molecule has 2 N–H and O–H groups in total. The number of anilines is 1. The standard InChI is InChI=1S/C15H26N2O3/c1-6-19-10-12(9-17(3)4)20-14-8-15(18-5)13(16)7-11(14)2/h7-8,12H,6,9-10,16H2,1-5H3. The van der Waals surface area contributed by atoms with Gasteiger partial charge in [-0.2, -0.15) is 0 Å². The zero-order valence-corrected chi connectivity index (χ0v) is 13.1. The van der Waals surface area contributed by atoms with E-state index in [4.69, 9.17) is 19.9 Å². The molecule has 0 spiro atoms. The number of methoxy groups -OCH3 is 1. The Morgan fingerprint density at radius 3 is 2.50 bits per heavy atom. The van der Waals surface area contributed by atoms with Gasteiger partial charge in [-0.1, -0.05) is 0 Å². The molecule has 1 rings (SSSR count). The molecule has 0 fully saturated rings. The van der Waals surface area contributed by atoms with Gasteiger partial charge in [0.1, 0.15) is 17.6 Å². The van der Waals surface area contributed by atoms with Crippen LogP contribution in [0.5, 0.6) is 11.5 Å². The lowest BCUT2D eigenvalue weighted by Crippen LogP contribution is -2.34. The van der Waals surface area contributed by atoms with Crippen LogP contribution in [0.1, 0.15) is 12.5 Å². The van der Waals surface area contributed by atoms with Gasteiger partial charge in [-0.15, -0.1) is 0 Å². The predicted octanol–water partition coefficient (Wildman–Crippen LogP) is 1.93. The van der Waals surface area contributed by atoms with Crippen molar-refractivity contribution in [2.45, 2.75) is 20.0 Å². The van der Waals surface area contributed by atoms with E-state index in [9.17, 15) is 0 Å². The van der Waals surface area contributed by atoms with Crippen LogP contribution in [0.2, 0.25) is 0 Å². The average molecular weight is 282 g/mol. The quantitative estimate of drug-likeness (QED) is 0.738. The highest BCUT2D eigenvalue weighted by Gasteiger charge is 2.15. The summed E-state index contributed by atoms with van der Waals surface area (Å²) in [5.74, 6) is 1.41. The third-order valence-corrected chi connectivity index (χ3v) is 2.90. The third-order valence-electron chi connectivity index (χ3n) is 2.90. The van der Waals surface area contributed by atoms with Gasteiger partial charge >= 0.3 is 0 Å². The summed E-state index contributed by atoms with van der Waals surface area (Å²) in [6.45, 7) is 5.97. The molecular weight excluding hydrogens is 256 g/mol. The van der Waals surface area contributed by atoms with E-state index in [0.29, 0.717) is 24.7 Å². The van der Waals surface area contributed by atoms with Crippen LogP contribution in [-0.2, 0) is 4.74 Å². The van der Waals surface area contributed by atoms with E-state index in [1.807, 2.05) is 40.1 Å². The summed E-state index contributed by atoms with van der Waals surface area (Å²) < 4.78 is 16.8. The van der Waals surface area contributed by atoms with Gasteiger partial charge in [0.2, 0.25) is 0 Å². The van der Waals surface area contributed by atoms with E-state index in [1.54, 1.807) is 7.11 Å². The fourth-order valence-electron chi connectivity index (χ4n) is 1.96. The number of aryl methyl sites for hydroxylation is 1. The van der Waals surface area contributed by atoms with Crippen molar-refractivity contribution in [2.75, 3.05) is 46.7 Å². The molecule has 0 heterocycles. The zero-order chi connectivity index (χ0) is 15.1. The van der Waals surface area contributed by atoms with E-state index in [2.05, 4.69) is 4.90 Å². The van der Waals surface area contributed by atoms with Crippen LogP contribution in [0.25, 0.3) is 0 Å². The van der Waals surface area contributed by atoms with E-state index in [-0.39, 0.29) is 6.10 Å². The maximum absolute atomic E-state index is 6.05. The van der Waals surface area contributed by atoms with E-state index in [1.165, 1.54) is 0 Å². The minimum Gasteiger partial charge on any atom is -0.494 e. The molecule has 0 saturated heterocycles. The van der Waals surface area contributed by atoms with Crippen molar-refractivity contribution in [1.29, 1.82) is 0 Å². The number of hydrogen-bond acceptors (Lipinski definition) is 5. The normalized spacial score (nSPS) is 12.5. The summed E-state index contributed by atoms with van der Waals surface area (Å²) in [5.41, 5.74) is 7.49. The summed E-state index contributed by atoms with van der Waals surface area (Å²) >= 11 is 0. The summed E-state index contributed by atoms with van der Waals surface area (Å²) in [6, 6.07) is 3.70. The monoisotopic (exact) mass is 282 g/mol. The van der Waals surface area contributed by atoms with Gasteiger partial charge in [0, 0.05) is 19.2 Å². The van der Waals surface area contributed by atoms with Crippen LogP contribution >= 0.6 is 0 Å². The Bertz CT molecular complexity index is 422. The maximum Gasteiger partial charge on any atom is 0.145 e. The minimum atomic E-state index is -0.0306. The van der Waals surface area contributed by atoms with Gasteiger partial charge < -0.3 is 24.8 Å². The molecule has 5 heteroatoms. The summed E-state index contributed by atoms with van der Waals surface area (Å²) in [7, 11) is 5.62. The van der Waals surface area contributed by atoms with E-state index in [0.717, 1.165) is 17.9 Å². The van der Waals surface area contributed by atoms with Crippen LogP contribution in [0.15, 0.2) is 12.1 Å². The number of ether oxygens (including phenoxy) is 3. The first-order valence-electron chi connectivity index (χ1n) is 6.81. The molecule has 0 aliphatic heterocycles. The van der Waals surface area contributed by atoms with Crippen LogP contribution in [0, 0.1) is 6.92 Å². The summed E-state index contributed by atoms with van der Waals surface area (Å²) in [4.78, 5) is 2.08. The highest BCUT2D eigenvalue weighted by molar-refractivity contribution is 5.58. The fraction of sp³-hybridized carbons (Fsp3) is 0.600. The highest BCUT2D eigenvalue weighted by Crippen LogP contribution is 2.31. The van der Waals surface area contributed by atoms with Crippen molar-refractivity contribution in [3.8, 4) is 11.5 Å². The first-order chi connectivity index (χ1) is 9.47. The lowest BCUT2D eigenvalue weighted by atomic mass is 10.2. The molecule has 0 radical (unpaired) electrons. The van der Waals surface area contributed by atoms with Crippen molar-refractivity contribution < 1.29 is 14.2 Å². The van der Waals surface area contributed by atoms with Crippen molar-refractivity contribution in [3.05, 3.63) is 17.7 Å². The third kappa shape index (κ3) is 4.90. The van der Waals surface area contributed by atoms with Crippen LogP contribution < -0.4 is 15.2 Å². The summed E-state index contributed by atoms with van der Waals surface area (Å²) in [5, 5.41) is 0. The lowest BCUT2D eigenvalue weighted by molar-refractivity contribution is 0.0428. The smallest absolute Gasteiger partial charge is 0.145 e. The second-order valence-electron chi connectivity index (χ2n) is 5.02. The second kappa shape index (κ2) is 7.97. The highest BCUT2D eigenvalue weighted by atomic mass is 16.5. The van der Waals surface area contributed by atoms with Crippen LogP contribution in [-0.4, -0.2) is 52.0 Å². The van der Waals surface area contributed by atoms with E-state index >= 15 is 0 Å². The van der Waals surface area contributed by atoms with Crippen molar-refractivity contribution in [3.63, 3.8) is 0 Å². The number of benzene rings is 1. The average Bonchev–Trinajstić information content (AvgIpc) is 2.38. The number of rotatable bonds is 8. The van der Waals surface area contributed by atoms with Gasteiger partial charge in [0.05, 0.1) is 19.4 Å². The molecule has 1 unspecified atom stereocenters. The molecule has 1 atom stereocenters. The first-order valence-corrected chi connectivity index (χ1v) is 6.81. The number of nitrogens with two attached hydrogens (primary N) is 1. The molecule has 0 aliphatic carbocycles. The predicted molar refractivity (Wildman–Crippen MR) is 81.6 cm³/mol. The zero-order valence-electron chi connectivity index (χ0n) is 13.1. The Kier molecular flexibility index (Phi) is 6.61. The molecule has 20 heavy (non-hydrogen) atoms. The second-order valence-corrected chi connectivity index (χ2v) is 5.02. The molecule has 0 bridgehead atoms. The molecule has 0 saturated carbocycles. The molecule has 5 nitrogen and oxygen atoms in total. The van der Waals surface area contributed by atoms with E-state index < -0.39 is 0 Å².